The number of carbonyl (C=O) groups is 3. The molecular formula is C12H15NO6S2. The van der Waals surface area contributed by atoms with Crippen molar-refractivity contribution in [3.05, 3.63) is 9.93 Å². The van der Waals surface area contributed by atoms with E-state index in [4.69, 9.17) is 5.11 Å². The number of thioether (sulfide) groups is 2. The Kier molecular flexibility index (Phi) is 4.84. The summed E-state index contributed by atoms with van der Waals surface area (Å²) in [7, 11) is 0. The number of rotatable bonds is 7. The number of aliphatic carboxylic acids is 2. The largest absolute Gasteiger partial charge is 0.481 e. The predicted octanol–water partition coefficient (Wildman–Crippen LogP) is 0.750. The molecule has 1 fully saturated rings. The van der Waals surface area contributed by atoms with E-state index in [0.29, 0.717) is 16.4 Å². The van der Waals surface area contributed by atoms with Gasteiger partial charge in [-0.05, 0) is 19.1 Å². The summed E-state index contributed by atoms with van der Waals surface area (Å²) in [4.78, 5) is 34.9. The van der Waals surface area contributed by atoms with E-state index < -0.39 is 24.0 Å². The summed E-state index contributed by atoms with van der Waals surface area (Å²) in [6, 6.07) is 0. The number of aliphatic hydroxyl groups is 1. The molecule has 2 aliphatic rings. The molecule has 2 aliphatic heterocycles. The van der Waals surface area contributed by atoms with Gasteiger partial charge in [-0.25, -0.2) is 4.79 Å². The van der Waals surface area contributed by atoms with Gasteiger partial charge < -0.3 is 15.3 Å². The van der Waals surface area contributed by atoms with Crippen molar-refractivity contribution in [1.29, 1.82) is 0 Å². The first-order valence-corrected chi connectivity index (χ1v) is 8.21. The molecule has 0 aromatic heterocycles. The van der Waals surface area contributed by atoms with Gasteiger partial charge in [0.2, 0.25) is 5.91 Å². The lowest BCUT2D eigenvalue weighted by atomic mass is 9.92. The number of aliphatic hydroxyl groups excluding tert-OH is 1. The third kappa shape index (κ3) is 3.04. The van der Waals surface area contributed by atoms with Crippen molar-refractivity contribution in [2.45, 2.75) is 31.2 Å². The van der Waals surface area contributed by atoms with Crippen LogP contribution in [0.15, 0.2) is 9.93 Å². The first-order valence-electron chi connectivity index (χ1n) is 6.34. The molecule has 7 nitrogen and oxygen atoms in total. The fourth-order valence-corrected chi connectivity index (χ4v) is 5.18. The molecule has 0 aromatic rings. The van der Waals surface area contributed by atoms with Gasteiger partial charge in [0, 0.05) is 6.42 Å². The summed E-state index contributed by atoms with van der Waals surface area (Å²) in [6.07, 6.45) is -0.372. The summed E-state index contributed by atoms with van der Waals surface area (Å²) < 4.78 is 0.509. The third-order valence-electron chi connectivity index (χ3n) is 3.24. The highest BCUT2D eigenvalue weighted by Gasteiger charge is 2.57. The second-order valence-electron chi connectivity index (χ2n) is 4.77. The number of carboxylic acid groups (broad SMARTS) is 2. The zero-order valence-corrected chi connectivity index (χ0v) is 12.8. The molecule has 1 saturated heterocycles. The number of carbonyl (C=O) groups excluding carboxylic acids is 1. The summed E-state index contributed by atoms with van der Waals surface area (Å²) in [5, 5.41) is 27.0. The lowest BCUT2D eigenvalue weighted by Crippen LogP contribution is -2.60. The van der Waals surface area contributed by atoms with Crippen LogP contribution in [-0.2, 0) is 14.4 Å². The molecule has 0 radical (unpaired) electrons. The molecule has 116 valence electrons. The standard InChI is InChI=1S/C12H15NO6S2/c1-5(14)7-9(17)13-8(11(18)19)12(21-10(7)13)20-4-2-3-6(15)16/h5,7,10,14H,2-4H2,1H3,(H,15,16)(H,18,19)/t5?,7-,10+/m0/s1. The van der Waals surface area contributed by atoms with Crippen molar-refractivity contribution in [1.82, 2.24) is 4.90 Å². The number of carboxylic acids is 2. The van der Waals surface area contributed by atoms with Crippen molar-refractivity contribution in [3.8, 4) is 0 Å². The highest BCUT2D eigenvalue weighted by Crippen LogP contribution is 2.53. The molecule has 3 N–H and O–H groups in total. The topological polar surface area (TPSA) is 115 Å². The molecule has 3 atom stereocenters. The maximum Gasteiger partial charge on any atom is 0.354 e. The normalized spacial score (nSPS) is 25.6. The highest BCUT2D eigenvalue weighted by molar-refractivity contribution is 8.22. The molecule has 2 heterocycles. The van der Waals surface area contributed by atoms with E-state index in [9.17, 15) is 24.6 Å². The van der Waals surface area contributed by atoms with E-state index >= 15 is 0 Å². The summed E-state index contributed by atoms with van der Waals surface area (Å²) in [5.41, 5.74) is -0.0489. The maximum absolute atomic E-state index is 11.9. The Morgan fingerprint density at radius 1 is 1.43 bits per heavy atom. The van der Waals surface area contributed by atoms with Crippen LogP contribution >= 0.6 is 23.5 Å². The average Bonchev–Trinajstić information content (AvgIpc) is 2.68. The lowest BCUT2D eigenvalue weighted by molar-refractivity contribution is -0.156. The fourth-order valence-electron chi connectivity index (χ4n) is 2.24. The van der Waals surface area contributed by atoms with Gasteiger partial charge in [-0.15, -0.1) is 11.8 Å². The van der Waals surface area contributed by atoms with Gasteiger partial charge in [0.1, 0.15) is 5.37 Å². The SMILES string of the molecule is CC(O)[C@H]1C(=O)N2C(C(=O)O)=C(SCCCC(=O)O)S[C@H]12. The summed E-state index contributed by atoms with van der Waals surface area (Å²) in [6.45, 7) is 1.51. The minimum Gasteiger partial charge on any atom is -0.481 e. The smallest absolute Gasteiger partial charge is 0.354 e. The Labute approximate surface area is 129 Å². The quantitative estimate of drug-likeness (QED) is 0.462. The fraction of sp³-hybridized carbons (Fsp3) is 0.583. The Balaban J connectivity index is 2.04. The van der Waals surface area contributed by atoms with Gasteiger partial charge in [0.15, 0.2) is 5.70 Å². The average molecular weight is 333 g/mol. The minimum absolute atomic E-state index is 0.0235. The van der Waals surface area contributed by atoms with Crippen LogP contribution < -0.4 is 0 Å². The monoisotopic (exact) mass is 333 g/mol. The molecule has 0 bridgehead atoms. The van der Waals surface area contributed by atoms with Crippen LogP contribution in [-0.4, -0.2) is 55.3 Å². The lowest BCUT2D eigenvalue weighted by Gasteiger charge is -2.43. The second kappa shape index (κ2) is 6.29. The molecule has 1 amide bonds. The molecule has 1 unspecified atom stereocenters. The summed E-state index contributed by atoms with van der Waals surface area (Å²) >= 11 is 2.50. The van der Waals surface area contributed by atoms with E-state index in [1.54, 1.807) is 0 Å². The Morgan fingerprint density at radius 2 is 2.10 bits per heavy atom. The number of β-lactam (4-membered cyclic amide) rings is 1. The van der Waals surface area contributed by atoms with Crippen LogP contribution in [0.5, 0.6) is 0 Å². The maximum atomic E-state index is 11.9. The van der Waals surface area contributed by atoms with Crippen molar-refractivity contribution in [2.24, 2.45) is 5.92 Å². The first-order chi connectivity index (χ1) is 9.84. The zero-order chi connectivity index (χ0) is 15.7. The number of nitrogens with zero attached hydrogens (tertiary/aromatic N) is 1. The predicted molar refractivity (Wildman–Crippen MR) is 77.4 cm³/mol. The van der Waals surface area contributed by atoms with Crippen molar-refractivity contribution in [2.75, 3.05) is 5.75 Å². The van der Waals surface area contributed by atoms with Crippen LogP contribution in [0.3, 0.4) is 0 Å². The van der Waals surface area contributed by atoms with Gasteiger partial charge >= 0.3 is 11.9 Å². The number of fused-ring (bicyclic) bond motifs is 1. The van der Waals surface area contributed by atoms with E-state index in [2.05, 4.69) is 0 Å². The van der Waals surface area contributed by atoms with Crippen LogP contribution in [0, 0.1) is 5.92 Å². The van der Waals surface area contributed by atoms with Crippen molar-refractivity contribution >= 4 is 41.4 Å². The molecule has 0 saturated carbocycles. The van der Waals surface area contributed by atoms with Crippen molar-refractivity contribution in [3.63, 3.8) is 0 Å². The van der Waals surface area contributed by atoms with Gasteiger partial charge in [-0.2, -0.15) is 0 Å². The third-order valence-corrected chi connectivity index (χ3v) is 5.98. The molecule has 0 spiro atoms. The van der Waals surface area contributed by atoms with Crippen LogP contribution in [0.4, 0.5) is 0 Å². The molecule has 0 aliphatic carbocycles. The van der Waals surface area contributed by atoms with Crippen LogP contribution in [0.1, 0.15) is 19.8 Å². The molecular weight excluding hydrogens is 318 g/mol. The van der Waals surface area contributed by atoms with Crippen molar-refractivity contribution < 1.29 is 29.7 Å². The second-order valence-corrected chi connectivity index (χ2v) is 7.26. The molecule has 0 aromatic carbocycles. The van der Waals surface area contributed by atoms with E-state index in [1.807, 2.05) is 0 Å². The Bertz CT molecular complexity index is 518. The Hall–Kier alpha value is -1.19. The zero-order valence-electron chi connectivity index (χ0n) is 11.2. The minimum atomic E-state index is -1.18. The number of hydrogen-bond acceptors (Lipinski definition) is 6. The van der Waals surface area contributed by atoms with E-state index in [-0.39, 0.29) is 23.4 Å². The first kappa shape index (κ1) is 16.2. The number of amides is 1. The number of hydrogen-bond donors (Lipinski definition) is 3. The molecule has 9 heteroatoms. The molecule has 21 heavy (non-hydrogen) atoms. The highest BCUT2D eigenvalue weighted by atomic mass is 32.2. The van der Waals surface area contributed by atoms with E-state index in [1.165, 1.54) is 35.3 Å². The molecule has 2 rings (SSSR count). The van der Waals surface area contributed by atoms with Gasteiger partial charge in [-0.3, -0.25) is 14.5 Å². The van der Waals surface area contributed by atoms with Crippen LogP contribution in [0.25, 0.3) is 0 Å². The van der Waals surface area contributed by atoms with Crippen LogP contribution in [0.2, 0.25) is 0 Å². The summed E-state index contributed by atoms with van der Waals surface area (Å²) in [5.74, 6) is -2.56. The Morgan fingerprint density at radius 3 is 2.62 bits per heavy atom. The van der Waals surface area contributed by atoms with E-state index in [0.717, 1.165) is 0 Å². The van der Waals surface area contributed by atoms with Gasteiger partial charge in [0.25, 0.3) is 0 Å². The van der Waals surface area contributed by atoms with Gasteiger partial charge in [0.05, 0.1) is 16.3 Å². The van der Waals surface area contributed by atoms with Gasteiger partial charge in [-0.1, -0.05) is 11.8 Å².